The van der Waals surface area contributed by atoms with Crippen molar-refractivity contribution in [3.63, 3.8) is 0 Å². The number of hydrogen-bond acceptors (Lipinski definition) is 4. The number of aromatic nitrogens is 3. The molecule has 164 valence electrons. The van der Waals surface area contributed by atoms with Crippen LogP contribution in [0.5, 0.6) is 0 Å². The molecule has 0 radical (unpaired) electrons. The Kier molecular flexibility index (Phi) is 5.52. The Morgan fingerprint density at radius 1 is 1.12 bits per heavy atom. The van der Waals surface area contributed by atoms with E-state index in [-0.39, 0.29) is 5.41 Å². The third-order valence-electron chi connectivity index (χ3n) is 4.95. The summed E-state index contributed by atoms with van der Waals surface area (Å²) in [5.74, 6) is 0.543. The van der Waals surface area contributed by atoms with E-state index in [0.29, 0.717) is 34.4 Å². The monoisotopic (exact) mass is 449 g/mol. The van der Waals surface area contributed by atoms with Crippen molar-refractivity contribution in [3.8, 4) is 22.4 Å². The lowest BCUT2D eigenvalue weighted by atomic mass is 9.96. The molecule has 0 atom stereocenters. The molecule has 3 N–H and O–H groups in total. The van der Waals surface area contributed by atoms with E-state index in [0.717, 1.165) is 16.7 Å². The van der Waals surface area contributed by atoms with Crippen LogP contribution in [0.4, 0.5) is 16.2 Å². The molecule has 0 bridgehead atoms. The highest BCUT2D eigenvalue weighted by Crippen LogP contribution is 2.30. The van der Waals surface area contributed by atoms with Gasteiger partial charge >= 0.3 is 6.09 Å². The van der Waals surface area contributed by atoms with Crippen LogP contribution in [0.15, 0.2) is 61.1 Å². The predicted molar refractivity (Wildman–Crippen MR) is 128 cm³/mol. The average molecular weight is 450 g/mol. The lowest BCUT2D eigenvalue weighted by Crippen LogP contribution is -2.36. The smallest absolute Gasteiger partial charge is 0.411 e. The fourth-order valence-corrected chi connectivity index (χ4v) is 3.69. The summed E-state index contributed by atoms with van der Waals surface area (Å²) >= 11 is 6.32. The molecular weight excluding hydrogens is 426 g/mol. The van der Waals surface area contributed by atoms with Gasteiger partial charge in [-0.25, -0.2) is 14.8 Å². The third-order valence-corrected chi connectivity index (χ3v) is 5.28. The van der Waals surface area contributed by atoms with Gasteiger partial charge in [0.25, 0.3) is 0 Å². The fraction of sp³-hybridized carbons (Fsp3) is 0.208. The highest BCUT2D eigenvalue weighted by atomic mass is 35.5. The van der Waals surface area contributed by atoms with Crippen molar-refractivity contribution in [2.45, 2.75) is 20.8 Å². The normalized spacial score (nSPS) is 11.6. The minimum absolute atomic E-state index is 0.155. The summed E-state index contributed by atoms with van der Waals surface area (Å²) in [5.41, 5.74) is 10.2. The second-order valence-corrected chi connectivity index (χ2v) is 9.30. The minimum Gasteiger partial charge on any atom is -0.465 e. The van der Waals surface area contributed by atoms with Gasteiger partial charge in [0, 0.05) is 47.6 Å². The maximum atomic E-state index is 11.7. The molecule has 0 unspecified atom stereocenters. The van der Waals surface area contributed by atoms with Crippen LogP contribution in [0.2, 0.25) is 5.02 Å². The number of carboxylic acid groups (broad SMARTS) is 1. The summed E-state index contributed by atoms with van der Waals surface area (Å²) in [6, 6.07) is 12.7. The highest BCUT2D eigenvalue weighted by Gasteiger charge is 2.22. The quantitative estimate of drug-likeness (QED) is 0.382. The number of imidazole rings is 1. The Labute approximate surface area is 191 Å². The van der Waals surface area contributed by atoms with Crippen LogP contribution in [-0.2, 0) is 0 Å². The molecule has 1 amide bonds. The number of nitrogens with zero attached hydrogens (tertiary/aromatic N) is 4. The summed E-state index contributed by atoms with van der Waals surface area (Å²) in [6.07, 6.45) is 4.56. The first-order chi connectivity index (χ1) is 15.1. The molecule has 2 aromatic heterocycles. The Morgan fingerprint density at radius 3 is 2.50 bits per heavy atom. The van der Waals surface area contributed by atoms with Gasteiger partial charge in [0.1, 0.15) is 0 Å². The first-order valence-electron chi connectivity index (χ1n) is 10.1. The Balaban J connectivity index is 1.65. The number of nitrogen functional groups attached to an aromatic ring is 1. The second kappa shape index (κ2) is 8.16. The van der Waals surface area contributed by atoms with Crippen LogP contribution in [0.1, 0.15) is 20.8 Å². The Bertz CT molecular complexity index is 1290. The van der Waals surface area contributed by atoms with E-state index in [9.17, 15) is 9.90 Å². The summed E-state index contributed by atoms with van der Waals surface area (Å²) in [4.78, 5) is 22.1. The molecule has 4 rings (SSSR count). The molecule has 32 heavy (non-hydrogen) atoms. The SMILES string of the molecule is CC(C)(C)CN(C(=O)O)c1ccc(-c2cnc3nc(-c4cc(N)ccc4Cl)cn3c2)cc1. The van der Waals surface area contributed by atoms with Crippen molar-refractivity contribution < 1.29 is 9.90 Å². The molecule has 0 aliphatic carbocycles. The third kappa shape index (κ3) is 4.53. The van der Waals surface area contributed by atoms with Crippen molar-refractivity contribution in [1.29, 1.82) is 0 Å². The summed E-state index contributed by atoms with van der Waals surface area (Å²) in [7, 11) is 0. The van der Waals surface area contributed by atoms with Crippen molar-refractivity contribution in [2.24, 2.45) is 5.41 Å². The van der Waals surface area contributed by atoms with E-state index in [1.807, 2.05) is 61.8 Å². The molecule has 8 heteroatoms. The van der Waals surface area contributed by atoms with E-state index in [1.54, 1.807) is 24.4 Å². The number of nitrogens with two attached hydrogens (primary N) is 1. The number of benzene rings is 2. The van der Waals surface area contributed by atoms with Gasteiger partial charge in [-0.2, -0.15) is 0 Å². The number of anilines is 2. The zero-order chi connectivity index (χ0) is 23.0. The van der Waals surface area contributed by atoms with Gasteiger partial charge in [-0.3, -0.25) is 9.30 Å². The van der Waals surface area contributed by atoms with Gasteiger partial charge in [0.15, 0.2) is 0 Å². The van der Waals surface area contributed by atoms with Gasteiger partial charge in [-0.05, 0) is 41.3 Å². The molecule has 2 heterocycles. The first-order valence-corrected chi connectivity index (χ1v) is 10.5. The van der Waals surface area contributed by atoms with Gasteiger partial charge in [-0.15, -0.1) is 0 Å². The van der Waals surface area contributed by atoms with E-state index in [4.69, 9.17) is 17.3 Å². The average Bonchev–Trinajstić information content (AvgIpc) is 3.16. The second-order valence-electron chi connectivity index (χ2n) is 8.89. The van der Waals surface area contributed by atoms with Crippen molar-refractivity contribution in [2.75, 3.05) is 17.2 Å². The van der Waals surface area contributed by atoms with E-state index in [2.05, 4.69) is 9.97 Å². The summed E-state index contributed by atoms with van der Waals surface area (Å²) in [6.45, 7) is 6.43. The van der Waals surface area contributed by atoms with Gasteiger partial charge in [0.2, 0.25) is 5.78 Å². The highest BCUT2D eigenvalue weighted by molar-refractivity contribution is 6.33. The minimum atomic E-state index is -0.970. The molecule has 4 aromatic rings. The molecule has 0 saturated carbocycles. The molecule has 0 fully saturated rings. The topological polar surface area (TPSA) is 96.8 Å². The summed E-state index contributed by atoms with van der Waals surface area (Å²) in [5, 5.41) is 10.2. The maximum absolute atomic E-state index is 11.7. The lowest BCUT2D eigenvalue weighted by molar-refractivity contribution is 0.198. The zero-order valence-corrected chi connectivity index (χ0v) is 18.8. The van der Waals surface area contributed by atoms with E-state index >= 15 is 0 Å². The van der Waals surface area contributed by atoms with Gasteiger partial charge < -0.3 is 10.8 Å². The fourth-order valence-electron chi connectivity index (χ4n) is 3.48. The Hall–Kier alpha value is -3.58. The van der Waals surface area contributed by atoms with Gasteiger partial charge in [0.05, 0.1) is 10.7 Å². The number of hydrogen-bond donors (Lipinski definition) is 2. The van der Waals surface area contributed by atoms with Crippen molar-refractivity contribution >= 4 is 34.8 Å². The van der Waals surface area contributed by atoms with Crippen LogP contribution < -0.4 is 10.6 Å². The number of carbonyl (C=O) groups is 1. The number of halogens is 1. The molecule has 2 aromatic carbocycles. The predicted octanol–water partition coefficient (Wildman–Crippen LogP) is 5.83. The number of fused-ring (bicyclic) bond motifs is 1. The lowest BCUT2D eigenvalue weighted by Gasteiger charge is -2.27. The van der Waals surface area contributed by atoms with E-state index in [1.165, 1.54) is 4.90 Å². The van der Waals surface area contributed by atoms with Gasteiger partial charge in [-0.1, -0.05) is 44.5 Å². The molecule has 0 aliphatic rings. The zero-order valence-electron chi connectivity index (χ0n) is 18.1. The summed E-state index contributed by atoms with van der Waals surface area (Å²) < 4.78 is 1.83. The standard InChI is InChI=1S/C24H24ClN5O2/c1-24(2,3)14-30(23(31)32)18-7-4-15(5-8-18)16-11-27-22-28-21(13-29(22)12-16)19-10-17(26)6-9-20(19)25/h4-13H,14,26H2,1-3H3,(H,31,32). The molecule has 7 nitrogen and oxygen atoms in total. The first kappa shape index (κ1) is 21.6. The van der Waals surface area contributed by atoms with Crippen LogP contribution in [0.25, 0.3) is 28.2 Å². The maximum Gasteiger partial charge on any atom is 0.411 e. The van der Waals surface area contributed by atoms with Crippen LogP contribution >= 0.6 is 11.6 Å². The largest absolute Gasteiger partial charge is 0.465 e. The number of rotatable bonds is 4. The Morgan fingerprint density at radius 2 is 1.84 bits per heavy atom. The molecule has 0 saturated heterocycles. The number of amides is 1. The van der Waals surface area contributed by atoms with Crippen LogP contribution in [-0.4, -0.2) is 32.1 Å². The molecular formula is C24H24ClN5O2. The molecule has 0 spiro atoms. The van der Waals surface area contributed by atoms with Crippen LogP contribution in [0, 0.1) is 5.41 Å². The van der Waals surface area contributed by atoms with E-state index < -0.39 is 6.09 Å². The van der Waals surface area contributed by atoms with Crippen LogP contribution in [0.3, 0.4) is 0 Å². The van der Waals surface area contributed by atoms with Crippen molar-refractivity contribution in [1.82, 2.24) is 14.4 Å². The van der Waals surface area contributed by atoms with Crippen molar-refractivity contribution in [3.05, 3.63) is 66.1 Å². The molecule has 0 aliphatic heterocycles.